The first-order valence-electron chi connectivity index (χ1n) is 6.07. The van der Waals surface area contributed by atoms with Gasteiger partial charge in [-0.25, -0.2) is 0 Å². The number of rotatable bonds is 4. The van der Waals surface area contributed by atoms with Crippen LogP contribution in [0.5, 0.6) is 0 Å². The monoisotopic (exact) mass is 309 g/mol. The lowest BCUT2D eigenvalue weighted by Gasteiger charge is -2.08. The fourth-order valence-corrected chi connectivity index (χ4v) is 2.09. The summed E-state index contributed by atoms with van der Waals surface area (Å²) in [6.45, 7) is 1.42. The Morgan fingerprint density at radius 3 is 2.89 bits per heavy atom. The smallest absolute Gasteiger partial charge is 0.244 e. The lowest BCUT2D eigenvalue weighted by atomic mass is 10.2. The van der Waals surface area contributed by atoms with Crippen molar-refractivity contribution in [2.45, 2.75) is 18.9 Å². The number of amides is 1. The third-order valence-corrected chi connectivity index (χ3v) is 3.35. The van der Waals surface area contributed by atoms with Gasteiger partial charge in [0.15, 0.2) is 0 Å². The number of halogens is 1. The van der Waals surface area contributed by atoms with Gasteiger partial charge in [0.2, 0.25) is 5.91 Å². The maximum Gasteiger partial charge on any atom is 0.244 e. The Hall–Kier alpha value is -1.13. The molecule has 1 aliphatic rings. The molecule has 0 bridgehead atoms. The van der Waals surface area contributed by atoms with E-state index in [4.69, 9.17) is 4.74 Å². The average Bonchev–Trinajstić information content (AvgIpc) is 2.89. The average molecular weight is 310 g/mol. The van der Waals surface area contributed by atoms with Crippen LogP contribution in [0.2, 0.25) is 0 Å². The Morgan fingerprint density at radius 1 is 1.44 bits per heavy atom. The van der Waals surface area contributed by atoms with Gasteiger partial charge >= 0.3 is 0 Å². The van der Waals surface area contributed by atoms with E-state index in [2.05, 4.69) is 21.2 Å². The number of carbonyl (C=O) groups excluding carboxylic acids is 1. The van der Waals surface area contributed by atoms with Crippen LogP contribution in [0.25, 0.3) is 6.08 Å². The van der Waals surface area contributed by atoms with Crippen molar-refractivity contribution in [2.75, 3.05) is 13.2 Å². The topological polar surface area (TPSA) is 38.3 Å². The van der Waals surface area contributed by atoms with Crippen LogP contribution in [0.1, 0.15) is 18.4 Å². The molecular formula is C14H16BrNO2. The van der Waals surface area contributed by atoms with E-state index in [9.17, 15) is 4.79 Å². The minimum absolute atomic E-state index is 0.0755. The second-order valence-electron chi connectivity index (χ2n) is 4.27. The highest BCUT2D eigenvalue weighted by Gasteiger charge is 2.15. The molecule has 0 saturated carbocycles. The molecule has 0 spiro atoms. The number of nitrogens with one attached hydrogen (secondary N) is 1. The van der Waals surface area contributed by atoms with E-state index in [-0.39, 0.29) is 12.0 Å². The summed E-state index contributed by atoms with van der Waals surface area (Å²) < 4.78 is 6.47. The molecule has 1 fully saturated rings. The van der Waals surface area contributed by atoms with Crippen LogP contribution in [0, 0.1) is 0 Å². The van der Waals surface area contributed by atoms with E-state index in [1.54, 1.807) is 12.2 Å². The lowest BCUT2D eigenvalue weighted by Crippen LogP contribution is -2.30. The minimum Gasteiger partial charge on any atom is -0.376 e. The van der Waals surface area contributed by atoms with Gasteiger partial charge in [-0.05, 0) is 36.6 Å². The van der Waals surface area contributed by atoms with Crippen molar-refractivity contribution in [1.82, 2.24) is 5.32 Å². The van der Waals surface area contributed by atoms with Crippen molar-refractivity contribution in [1.29, 1.82) is 0 Å². The lowest BCUT2D eigenvalue weighted by molar-refractivity contribution is -0.116. The highest BCUT2D eigenvalue weighted by molar-refractivity contribution is 9.10. The molecule has 0 aromatic heterocycles. The molecule has 1 amide bonds. The van der Waals surface area contributed by atoms with Gasteiger partial charge in [0.1, 0.15) is 0 Å². The number of benzene rings is 1. The number of hydrogen-bond acceptors (Lipinski definition) is 2. The molecule has 18 heavy (non-hydrogen) atoms. The van der Waals surface area contributed by atoms with Crippen LogP contribution >= 0.6 is 15.9 Å². The quantitative estimate of drug-likeness (QED) is 0.869. The molecule has 1 saturated heterocycles. The minimum atomic E-state index is -0.0755. The molecule has 1 aliphatic heterocycles. The molecule has 4 heteroatoms. The van der Waals surface area contributed by atoms with E-state index in [0.717, 1.165) is 29.5 Å². The van der Waals surface area contributed by atoms with Crippen molar-refractivity contribution in [3.05, 3.63) is 40.4 Å². The maximum atomic E-state index is 11.6. The predicted molar refractivity (Wildman–Crippen MR) is 75.2 cm³/mol. The van der Waals surface area contributed by atoms with Gasteiger partial charge in [0, 0.05) is 23.7 Å². The van der Waals surface area contributed by atoms with Crippen molar-refractivity contribution < 1.29 is 9.53 Å². The zero-order chi connectivity index (χ0) is 12.8. The normalized spacial score (nSPS) is 19.3. The molecular weight excluding hydrogens is 294 g/mol. The number of hydrogen-bond donors (Lipinski definition) is 1. The largest absolute Gasteiger partial charge is 0.376 e. The Bertz CT molecular complexity index is 422. The molecule has 3 nitrogen and oxygen atoms in total. The SMILES string of the molecule is O=C(/C=C/c1ccc(Br)cc1)NC[C@H]1CCCO1. The van der Waals surface area contributed by atoms with Gasteiger partial charge in [-0.15, -0.1) is 0 Å². The second kappa shape index (κ2) is 6.71. The van der Waals surface area contributed by atoms with Crippen LogP contribution in [-0.2, 0) is 9.53 Å². The third kappa shape index (κ3) is 4.27. The Morgan fingerprint density at radius 2 is 2.22 bits per heavy atom. The molecule has 1 N–H and O–H groups in total. The second-order valence-corrected chi connectivity index (χ2v) is 5.18. The highest BCUT2D eigenvalue weighted by Crippen LogP contribution is 2.12. The number of carbonyl (C=O) groups is 1. The van der Waals surface area contributed by atoms with E-state index in [1.807, 2.05) is 24.3 Å². The molecule has 0 radical (unpaired) electrons. The van der Waals surface area contributed by atoms with Crippen molar-refractivity contribution in [3.63, 3.8) is 0 Å². The Labute approximate surface area is 115 Å². The maximum absolute atomic E-state index is 11.6. The van der Waals surface area contributed by atoms with E-state index >= 15 is 0 Å². The van der Waals surface area contributed by atoms with E-state index in [0.29, 0.717) is 6.54 Å². The van der Waals surface area contributed by atoms with Crippen LogP contribution in [-0.4, -0.2) is 25.2 Å². The molecule has 1 atom stereocenters. The van der Waals surface area contributed by atoms with E-state index in [1.165, 1.54) is 0 Å². The molecule has 1 aromatic carbocycles. The molecule has 0 aliphatic carbocycles. The first-order valence-corrected chi connectivity index (χ1v) is 6.86. The van der Waals surface area contributed by atoms with Gasteiger partial charge in [-0.2, -0.15) is 0 Å². The van der Waals surface area contributed by atoms with Gasteiger partial charge in [0.05, 0.1) is 6.10 Å². The Balaban J connectivity index is 1.77. The first kappa shape index (κ1) is 13.3. The van der Waals surface area contributed by atoms with Crippen molar-refractivity contribution in [3.8, 4) is 0 Å². The summed E-state index contributed by atoms with van der Waals surface area (Å²) in [7, 11) is 0. The van der Waals surface area contributed by atoms with E-state index < -0.39 is 0 Å². The van der Waals surface area contributed by atoms with Crippen LogP contribution < -0.4 is 5.32 Å². The van der Waals surface area contributed by atoms with Gasteiger partial charge < -0.3 is 10.1 Å². The van der Waals surface area contributed by atoms with Crippen molar-refractivity contribution >= 4 is 27.9 Å². The van der Waals surface area contributed by atoms with Crippen molar-refractivity contribution in [2.24, 2.45) is 0 Å². The summed E-state index contributed by atoms with van der Waals surface area (Å²) in [5.41, 5.74) is 1.01. The standard InChI is InChI=1S/C14H16BrNO2/c15-12-6-3-11(4-7-12)5-8-14(17)16-10-13-2-1-9-18-13/h3-8,13H,1-2,9-10H2,(H,16,17)/b8-5+/t13-/m1/s1. The number of ether oxygens (including phenoxy) is 1. The summed E-state index contributed by atoms with van der Waals surface area (Å²) in [5.74, 6) is -0.0755. The molecule has 1 heterocycles. The van der Waals surface area contributed by atoms with Gasteiger partial charge in [-0.3, -0.25) is 4.79 Å². The highest BCUT2D eigenvalue weighted by atomic mass is 79.9. The summed E-state index contributed by atoms with van der Waals surface area (Å²) in [4.78, 5) is 11.6. The predicted octanol–water partition coefficient (Wildman–Crippen LogP) is 2.76. The summed E-state index contributed by atoms with van der Waals surface area (Å²) in [6, 6.07) is 7.80. The fourth-order valence-electron chi connectivity index (χ4n) is 1.82. The molecule has 96 valence electrons. The van der Waals surface area contributed by atoms with Gasteiger partial charge in [-0.1, -0.05) is 28.1 Å². The van der Waals surface area contributed by atoms with Crippen LogP contribution in [0.4, 0.5) is 0 Å². The van der Waals surface area contributed by atoms with Crippen LogP contribution in [0.3, 0.4) is 0 Å². The molecule has 1 aromatic rings. The van der Waals surface area contributed by atoms with Crippen LogP contribution in [0.15, 0.2) is 34.8 Å². The molecule has 2 rings (SSSR count). The third-order valence-electron chi connectivity index (χ3n) is 2.83. The summed E-state index contributed by atoms with van der Waals surface area (Å²) >= 11 is 3.37. The zero-order valence-electron chi connectivity index (χ0n) is 10.1. The fraction of sp³-hybridized carbons (Fsp3) is 0.357. The Kier molecular flexibility index (Phi) is 4.96. The summed E-state index contributed by atoms with van der Waals surface area (Å²) in [5, 5.41) is 2.85. The molecule has 0 unspecified atom stereocenters. The van der Waals surface area contributed by atoms with Gasteiger partial charge in [0.25, 0.3) is 0 Å². The summed E-state index contributed by atoms with van der Waals surface area (Å²) in [6.07, 6.45) is 5.68. The zero-order valence-corrected chi connectivity index (χ0v) is 11.7. The first-order chi connectivity index (χ1) is 8.74.